The molecule has 0 fully saturated rings. The zero-order valence-corrected chi connectivity index (χ0v) is 13.6. The summed E-state index contributed by atoms with van der Waals surface area (Å²) in [5, 5.41) is 0.560. The maximum absolute atomic E-state index is 5.92. The minimum Gasteiger partial charge on any atom is -0.497 e. The molecular formula is C16H16ClNO3S. The Bertz CT molecular complexity index is 646. The Balaban J connectivity index is 1.87. The van der Waals surface area contributed by atoms with Crippen LogP contribution in [0.1, 0.15) is 5.56 Å². The fourth-order valence-electron chi connectivity index (χ4n) is 1.80. The Morgan fingerprint density at radius 2 is 1.68 bits per heavy atom. The number of hydrogen-bond donors (Lipinski definition) is 1. The van der Waals surface area contributed by atoms with E-state index in [-0.39, 0.29) is 4.99 Å². The lowest BCUT2D eigenvalue weighted by molar-refractivity contribution is 0.217. The molecule has 0 aliphatic carbocycles. The Labute approximate surface area is 139 Å². The molecule has 22 heavy (non-hydrogen) atoms. The first-order chi connectivity index (χ1) is 10.6. The van der Waals surface area contributed by atoms with E-state index in [1.165, 1.54) is 0 Å². The van der Waals surface area contributed by atoms with Crippen LogP contribution in [0, 0.1) is 0 Å². The molecule has 0 bridgehead atoms. The van der Waals surface area contributed by atoms with Crippen molar-refractivity contribution in [3.8, 4) is 17.2 Å². The Hall–Kier alpha value is -1.98. The maximum atomic E-state index is 5.92. The third kappa shape index (κ3) is 4.51. The molecule has 2 rings (SSSR count). The van der Waals surface area contributed by atoms with E-state index in [1.54, 1.807) is 25.3 Å². The van der Waals surface area contributed by atoms with Gasteiger partial charge < -0.3 is 19.9 Å². The second-order valence-corrected chi connectivity index (χ2v) is 5.25. The lowest BCUT2D eigenvalue weighted by atomic mass is 10.2. The van der Waals surface area contributed by atoms with E-state index >= 15 is 0 Å². The van der Waals surface area contributed by atoms with E-state index in [0.29, 0.717) is 29.5 Å². The summed E-state index contributed by atoms with van der Waals surface area (Å²) < 4.78 is 16.3. The van der Waals surface area contributed by atoms with E-state index in [2.05, 4.69) is 0 Å². The largest absolute Gasteiger partial charge is 0.497 e. The fourth-order valence-corrected chi connectivity index (χ4v) is 2.14. The first-order valence-electron chi connectivity index (χ1n) is 6.59. The molecule has 6 heteroatoms. The zero-order valence-electron chi connectivity index (χ0n) is 12.0. The molecule has 0 saturated carbocycles. The summed E-state index contributed by atoms with van der Waals surface area (Å²) in [5.74, 6) is 2.12. The average Bonchev–Trinajstić information content (AvgIpc) is 2.53. The topological polar surface area (TPSA) is 53.7 Å². The van der Waals surface area contributed by atoms with E-state index < -0.39 is 0 Å². The molecule has 0 amide bonds. The third-order valence-electron chi connectivity index (χ3n) is 2.88. The van der Waals surface area contributed by atoms with Gasteiger partial charge in [-0.15, -0.1) is 0 Å². The molecule has 2 aromatic rings. The minimum atomic E-state index is 0.244. The smallest absolute Gasteiger partial charge is 0.129 e. The summed E-state index contributed by atoms with van der Waals surface area (Å²) in [5.41, 5.74) is 6.27. The molecule has 116 valence electrons. The fraction of sp³-hybridized carbons (Fsp3) is 0.188. The van der Waals surface area contributed by atoms with Crippen LogP contribution in [0.2, 0.25) is 5.02 Å². The Kier molecular flexibility index (Phi) is 5.86. The number of thiocarbonyl (C=S) groups is 1. The number of hydrogen-bond acceptors (Lipinski definition) is 4. The van der Waals surface area contributed by atoms with Gasteiger partial charge in [0.05, 0.1) is 12.7 Å². The number of rotatable bonds is 7. The summed E-state index contributed by atoms with van der Waals surface area (Å²) in [6, 6.07) is 12.5. The van der Waals surface area contributed by atoms with Gasteiger partial charge in [-0.1, -0.05) is 23.8 Å². The van der Waals surface area contributed by atoms with Gasteiger partial charge in [0.1, 0.15) is 35.5 Å². The molecule has 0 aliphatic heterocycles. The number of ether oxygens (including phenoxy) is 3. The van der Waals surface area contributed by atoms with Gasteiger partial charge >= 0.3 is 0 Å². The van der Waals surface area contributed by atoms with Crippen molar-refractivity contribution in [3.05, 3.63) is 53.1 Å². The summed E-state index contributed by atoms with van der Waals surface area (Å²) in [7, 11) is 1.62. The second-order valence-electron chi connectivity index (χ2n) is 4.38. The molecular weight excluding hydrogens is 322 g/mol. The summed E-state index contributed by atoms with van der Waals surface area (Å²) in [6.45, 7) is 0.759. The van der Waals surface area contributed by atoms with E-state index in [0.717, 1.165) is 11.5 Å². The van der Waals surface area contributed by atoms with Gasteiger partial charge in [-0.05, 0) is 42.5 Å². The van der Waals surface area contributed by atoms with Crippen molar-refractivity contribution in [2.45, 2.75) is 0 Å². The van der Waals surface area contributed by atoms with Crippen LogP contribution in [0.25, 0.3) is 0 Å². The van der Waals surface area contributed by atoms with Gasteiger partial charge in [0.25, 0.3) is 0 Å². The SMILES string of the molecule is COc1ccc(OCCOc2ccc(Cl)cc2C(N)=S)cc1. The van der Waals surface area contributed by atoms with Crippen LogP contribution in [0.3, 0.4) is 0 Å². The maximum Gasteiger partial charge on any atom is 0.129 e. The van der Waals surface area contributed by atoms with Crippen molar-refractivity contribution in [2.24, 2.45) is 5.73 Å². The molecule has 0 atom stereocenters. The quantitative estimate of drug-likeness (QED) is 0.619. The van der Waals surface area contributed by atoms with Gasteiger partial charge in [0.2, 0.25) is 0 Å². The summed E-state index contributed by atoms with van der Waals surface area (Å²) >= 11 is 10.9. The average molecular weight is 338 g/mol. The van der Waals surface area contributed by atoms with Crippen LogP contribution < -0.4 is 19.9 Å². The van der Waals surface area contributed by atoms with Crippen LogP contribution in [0.15, 0.2) is 42.5 Å². The van der Waals surface area contributed by atoms with Crippen LogP contribution in [0.4, 0.5) is 0 Å². The standard InChI is InChI=1S/C16H16ClNO3S/c1-19-12-3-5-13(6-4-12)20-8-9-21-15-7-2-11(17)10-14(15)16(18)22/h2-7,10H,8-9H2,1H3,(H2,18,22). The normalized spacial score (nSPS) is 10.1. The summed E-state index contributed by atoms with van der Waals surface area (Å²) in [6.07, 6.45) is 0. The Morgan fingerprint density at radius 1 is 1.05 bits per heavy atom. The molecule has 0 spiro atoms. The van der Waals surface area contributed by atoms with Crippen LogP contribution in [-0.4, -0.2) is 25.3 Å². The first-order valence-corrected chi connectivity index (χ1v) is 7.38. The first kappa shape index (κ1) is 16.4. The zero-order chi connectivity index (χ0) is 15.9. The van der Waals surface area contributed by atoms with E-state index in [9.17, 15) is 0 Å². The van der Waals surface area contributed by atoms with Crippen molar-refractivity contribution in [1.29, 1.82) is 0 Å². The number of halogens is 1. The highest BCUT2D eigenvalue weighted by Gasteiger charge is 2.07. The molecule has 0 aromatic heterocycles. The molecule has 0 heterocycles. The van der Waals surface area contributed by atoms with Crippen LogP contribution in [0.5, 0.6) is 17.2 Å². The van der Waals surface area contributed by atoms with Gasteiger partial charge in [0, 0.05) is 5.02 Å². The van der Waals surface area contributed by atoms with Crippen molar-refractivity contribution in [3.63, 3.8) is 0 Å². The number of nitrogens with two attached hydrogens (primary N) is 1. The lowest BCUT2D eigenvalue weighted by Gasteiger charge is -2.12. The Morgan fingerprint density at radius 3 is 2.32 bits per heavy atom. The second kappa shape index (κ2) is 7.87. The highest BCUT2D eigenvalue weighted by Crippen LogP contribution is 2.23. The van der Waals surface area contributed by atoms with Gasteiger partial charge in [-0.2, -0.15) is 0 Å². The number of methoxy groups -OCH3 is 1. The predicted octanol–water partition coefficient (Wildman–Crippen LogP) is 3.44. The van der Waals surface area contributed by atoms with Crippen LogP contribution >= 0.6 is 23.8 Å². The molecule has 0 saturated heterocycles. The van der Waals surface area contributed by atoms with E-state index in [1.807, 2.05) is 24.3 Å². The highest BCUT2D eigenvalue weighted by atomic mass is 35.5. The van der Waals surface area contributed by atoms with E-state index in [4.69, 9.17) is 43.8 Å². The number of benzene rings is 2. The van der Waals surface area contributed by atoms with Crippen molar-refractivity contribution in [1.82, 2.24) is 0 Å². The molecule has 4 nitrogen and oxygen atoms in total. The molecule has 0 unspecified atom stereocenters. The molecule has 0 radical (unpaired) electrons. The third-order valence-corrected chi connectivity index (χ3v) is 3.33. The molecule has 2 aromatic carbocycles. The lowest BCUT2D eigenvalue weighted by Crippen LogP contribution is -2.14. The van der Waals surface area contributed by atoms with Crippen molar-refractivity contribution >= 4 is 28.8 Å². The van der Waals surface area contributed by atoms with Gasteiger partial charge in [0.15, 0.2) is 0 Å². The minimum absolute atomic E-state index is 0.244. The molecule has 0 aliphatic rings. The van der Waals surface area contributed by atoms with Crippen molar-refractivity contribution < 1.29 is 14.2 Å². The highest BCUT2D eigenvalue weighted by molar-refractivity contribution is 7.80. The predicted molar refractivity (Wildman–Crippen MR) is 91.3 cm³/mol. The van der Waals surface area contributed by atoms with Crippen molar-refractivity contribution in [2.75, 3.05) is 20.3 Å². The molecule has 2 N–H and O–H groups in total. The van der Waals surface area contributed by atoms with Gasteiger partial charge in [-0.3, -0.25) is 0 Å². The van der Waals surface area contributed by atoms with Gasteiger partial charge in [-0.25, -0.2) is 0 Å². The monoisotopic (exact) mass is 337 g/mol. The summed E-state index contributed by atoms with van der Waals surface area (Å²) in [4.78, 5) is 0.244. The van der Waals surface area contributed by atoms with Crippen LogP contribution in [-0.2, 0) is 0 Å².